The van der Waals surface area contributed by atoms with Crippen LogP contribution in [-0.2, 0) is 24.0 Å². The van der Waals surface area contributed by atoms with Crippen molar-refractivity contribution in [2.24, 2.45) is 17.8 Å². The van der Waals surface area contributed by atoms with Gasteiger partial charge in [0.25, 0.3) is 0 Å². The number of ether oxygens (including phenoxy) is 3. The fourth-order valence-electron chi connectivity index (χ4n) is 6.03. The summed E-state index contributed by atoms with van der Waals surface area (Å²) in [6, 6.07) is 0. The third-order valence-corrected chi connectivity index (χ3v) is 7.68. The molecule has 1 N–H and O–H groups in total. The Morgan fingerprint density at radius 2 is 1.85 bits per heavy atom. The fraction of sp³-hybridized carbons (Fsp3) is 0.905. The molecule has 152 valence electrons. The maximum atomic E-state index is 9.76. The zero-order valence-corrected chi connectivity index (χ0v) is 16.4. The van der Waals surface area contributed by atoms with Crippen LogP contribution in [0.15, 0.2) is 12.2 Å². The molecule has 7 atom stereocenters. The van der Waals surface area contributed by atoms with Crippen molar-refractivity contribution in [1.82, 2.24) is 0 Å². The monoisotopic (exact) mass is 380 g/mol. The highest BCUT2D eigenvalue weighted by Crippen LogP contribution is 2.60. The van der Waals surface area contributed by atoms with Crippen molar-refractivity contribution < 1.29 is 29.1 Å². The second kappa shape index (κ2) is 6.51. The summed E-state index contributed by atoms with van der Waals surface area (Å²) in [4.78, 5) is 11.9. The summed E-state index contributed by atoms with van der Waals surface area (Å²) in [5.41, 5.74) is 0.333. The third kappa shape index (κ3) is 2.83. The predicted octanol–water partition coefficient (Wildman–Crippen LogP) is 3.43. The van der Waals surface area contributed by atoms with Crippen LogP contribution in [0.1, 0.15) is 65.2 Å². The lowest BCUT2D eigenvalue weighted by molar-refractivity contribution is -0.568. The van der Waals surface area contributed by atoms with Gasteiger partial charge in [0.15, 0.2) is 18.2 Å². The quantitative estimate of drug-likeness (QED) is 0.585. The van der Waals surface area contributed by atoms with Crippen molar-refractivity contribution in [3.05, 3.63) is 12.2 Å². The van der Waals surface area contributed by atoms with Crippen molar-refractivity contribution in [2.45, 2.75) is 101 Å². The molecule has 6 nitrogen and oxygen atoms in total. The smallest absolute Gasteiger partial charge is 0.201 e. The molecule has 6 rings (SSSR count). The summed E-state index contributed by atoms with van der Waals surface area (Å²) < 4.78 is 19.0. The second-order valence-corrected chi connectivity index (χ2v) is 9.47. The molecule has 4 saturated heterocycles. The van der Waals surface area contributed by atoms with Gasteiger partial charge in [0.2, 0.25) is 5.79 Å². The van der Waals surface area contributed by atoms with E-state index in [0.29, 0.717) is 11.8 Å². The molecule has 4 aliphatic heterocycles. The average molecular weight is 380 g/mol. The fourth-order valence-corrected chi connectivity index (χ4v) is 6.03. The Morgan fingerprint density at radius 1 is 1.07 bits per heavy atom. The average Bonchev–Trinajstić information content (AvgIpc) is 2.87. The highest BCUT2D eigenvalue weighted by Gasteiger charge is 2.69. The maximum absolute atomic E-state index is 9.76. The molecule has 0 amide bonds. The zero-order valence-electron chi connectivity index (χ0n) is 16.4. The Morgan fingerprint density at radius 3 is 2.63 bits per heavy atom. The van der Waals surface area contributed by atoms with Crippen LogP contribution in [0, 0.1) is 17.8 Å². The molecule has 0 unspecified atom stereocenters. The number of rotatable bonds is 2. The Hall–Kier alpha value is -0.500. The molecule has 6 aliphatic rings. The van der Waals surface area contributed by atoms with E-state index in [-0.39, 0.29) is 18.1 Å². The van der Waals surface area contributed by atoms with Crippen LogP contribution in [0.25, 0.3) is 0 Å². The van der Waals surface area contributed by atoms with Crippen molar-refractivity contribution in [3.8, 4) is 0 Å². The van der Waals surface area contributed by atoms with E-state index in [9.17, 15) is 5.11 Å². The van der Waals surface area contributed by atoms with E-state index in [4.69, 9.17) is 24.0 Å². The lowest BCUT2D eigenvalue weighted by atomic mass is 9.59. The molecule has 4 heterocycles. The molecule has 2 saturated carbocycles. The zero-order chi connectivity index (χ0) is 18.8. The lowest BCUT2D eigenvalue weighted by Gasteiger charge is -2.59. The molecule has 0 aromatic carbocycles. The maximum Gasteiger partial charge on any atom is 0.201 e. The van der Waals surface area contributed by atoms with Crippen LogP contribution in [0.3, 0.4) is 0 Å². The molecule has 6 fully saturated rings. The Labute approximate surface area is 161 Å². The topological polar surface area (TPSA) is 66.4 Å². The van der Waals surface area contributed by atoms with E-state index < -0.39 is 24.0 Å². The summed E-state index contributed by atoms with van der Waals surface area (Å²) in [7, 11) is 0. The number of fused-ring (bicyclic) bond motifs is 2. The summed E-state index contributed by atoms with van der Waals surface area (Å²) in [5.74, 6) is 0.202. The van der Waals surface area contributed by atoms with Gasteiger partial charge in [-0.15, -0.1) is 0 Å². The van der Waals surface area contributed by atoms with Crippen LogP contribution in [-0.4, -0.2) is 41.3 Å². The Balaban J connectivity index is 1.42. The van der Waals surface area contributed by atoms with E-state index in [1.54, 1.807) is 0 Å². The van der Waals surface area contributed by atoms with E-state index in [1.165, 1.54) is 0 Å². The van der Waals surface area contributed by atoms with Crippen molar-refractivity contribution in [2.75, 3.05) is 0 Å². The van der Waals surface area contributed by atoms with Gasteiger partial charge in [0, 0.05) is 12.3 Å². The molecular weight excluding hydrogens is 348 g/mol. The van der Waals surface area contributed by atoms with Crippen molar-refractivity contribution >= 4 is 0 Å². The molecule has 6 heteroatoms. The van der Waals surface area contributed by atoms with Crippen molar-refractivity contribution in [1.29, 1.82) is 0 Å². The standard InChI is InChI=1S/C21H32O6/c1-12-4-9-17-13(2)18(23-15-7-5-14(22)6-8-15)24-19-21(17)16(12)10-11-20(3,25-19)26-27-21/h12,14-19,22H,2,4-11H2,1,3H3/t12-,14?,15?,16+,17+,18+,19-,20-,21-/m1/s1. The van der Waals surface area contributed by atoms with Gasteiger partial charge < -0.3 is 19.3 Å². The minimum absolute atomic E-state index is 0.0956. The minimum atomic E-state index is -0.768. The molecule has 0 radical (unpaired) electrons. The minimum Gasteiger partial charge on any atom is -0.393 e. The van der Waals surface area contributed by atoms with Crippen LogP contribution < -0.4 is 0 Å². The van der Waals surface area contributed by atoms with Crippen LogP contribution in [0.4, 0.5) is 0 Å². The van der Waals surface area contributed by atoms with Gasteiger partial charge in [-0.05, 0) is 69.3 Å². The summed E-state index contributed by atoms with van der Waals surface area (Å²) in [5, 5.41) is 9.76. The third-order valence-electron chi connectivity index (χ3n) is 7.68. The number of aliphatic hydroxyl groups excluding tert-OH is 1. The van der Waals surface area contributed by atoms with E-state index in [1.807, 2.05) is 6.92 Å². The van der Waals surface area contributed by atoms with Gasteiger partial charge in [-0.1, -0.05) is 13.5 Å². The largest absolute Gasteiger partial charge is 0.393 e. The molecule has 2 aliphatic carbocycles. The lowest BCUT2D eigenvalue weighted by Crippen LogP contribution is -2.69. The van der Waals surface area contributed by atoms with Gasteiger partial charge in [-0.25, -0.2) is 9.78 Å². The van der Waals surface area contributed by atoms with Gasteiger partial charge in [-0.3, -0.25) is 0 Å². The Bertz CT molecular complexity index is 601. The van der Waals surface area contributed by atoms with Gasteiger partial charge in [0.05, 0.1) is 12.2 Å². The van der Waals surface area contributed by atoms with Crippen LogP contribution in [0.2, 0.25) is 0 Å². The van der Waals surface area contributed by atoms with Crippen LogP contribution in [0.5, 0.6) is 0 Å². The number of aliphatic hydroxyl groups is 1. The summed E-state index contributed by atoms with van der Waals surface area (Å²) >= 11 is 0. The molecule has 2 bridgehead atoms. The molecule has 1 spiro atoms. The first kappa shape index (κ1) is 18.5. The normalized spacial score (nSPS) is 55.1. The van der Waals surface area contributed by atoms with Gasteiger partial charge in [-0.2, -0.15) is 0 Å². The number of hydrogen-bond donors (Lipinski definition) is 1. The predicted molar refractivity (Wildman–Crippen MR) is 96.2 cm³/mol. The van der Waals surface area contributed by atoms with Crippen LogP contribution >= 0.6 is 0 Å². The molecule has 0 aromatic rings. The van der Waals surface area contributed by atoms with E-state index in [0.717, 1.165) is 56.9 Å². The highest BCUT2D eigenvalue weighted by atomic mass is 17.3. The summed E-state index contributed by atoms with van der Waals surface area (Å²) in [6.45, 7) is 8.61. The van der Waals surface area contributed by atoms with Crippen molar-refractivity contribution in [3.63, 3.8) is 0 Å². The van der Waals surface area contributed by atoms with E-state index >= 15 is 0 Å². The van der Waals surface area contributed by atoms with Gasteiger partial charge in [0.1, 0.15) is 0 Å². The molecule has 0 aromatic heterocycles. The second-order valence-electron chi connectivity index (χ2n) is 9.47. The first-order valence-corrected chi connectivity index (χ1v) is 10.6. The summed E-state index contributed by atoms with van der Waals surface area (Å²) in [6.07, 6.45) is 6.13. The first-order valence-electron chi connectivity index (χ1n) is 10.6. The van der Waals surface area contributed by atoms with Gasteiger partial charge >= 0.3 is 0 Å². The molecular formula is C21H32O6. The SMILES string of the molecule is C=C1[C@@H](OC2CCC(O)CC2)O[C@@H]2O[C@@]3(C)CC[C@H]4[C@H](C)CC[C@@H]1[C@@]24OO3. The first-order chi connectivity index (χ1) is 12.9. The number of hydrogen-bond acceptors (Lipinski definition) is 6. The highest BCUT2D eigenvalue weighted by molar-refractivity contribution is 5.21. The van der Waals surface area contributed by atoms with E-state index in [2.05, 4.69) is 13.5 Å². The molecule has 27 heavy (non-hydrogen) atoms. The Kier molecular flexibility index (Phi) is 4.46.